The Morgan fingerprint density at radius 3 is 2.79 bits per heavy atom. The first-order chi connectivity index (χ1) is 13.9. The predicted octanol–water partition coefficient (Wildman–Crippen LogP) is 3.99. The summed E-state index contributed by atoms with van der Waals surface area (Å²) in [6.07, 6.45) is 0.430. The number of benzene rings is 1. The molecule has 0 saturated carbocycles. The van der Waals surface area contributed by atoms with Gasteiger partial charge in [-0.05, 0) is 38.1 Å². The number of aryl methyl sites for hydroxylation is 1. The molecule has 0 unspecified atom stereocenters. The monoisotopic (exact) mass is 415 g/mol. The molecule has 0 radical (unpaired) electrons. The van der Waals surface area contributed by atoms with E-state index in [4.69, 9.17) is 9.26 Å². The minimum atomic E-state index is -1.13. The molecule has 2 aromatic heterocycles. The van der Waals surface area contributed by atoms with Gasteiger partial charge in [0.2, 0.25) is 0 Å². The maximum absolute atomic E-state index is 13.7. The Morgan fingerprint density at radius 1 is 1.28 bits per heavy atom. The number of para-hydroxylation sites is 1. The van der Waals surface area contributed by atoms with Crippen LogP contribution in [0.5, 0.6) is 0 Å². The maximum atomic E-state index is 13.7. The van der Waals surface area contributed by atoms with Crippen molar-refractivity contribution in [2.24, 2.45) is 0 Å². The lowest BCUT2D eigenvalue weighted by atomic mass is 10.2. The molecule has 7 nitrogen and oxygen atoms in total. The summed E-state index contributed by atoms with van der Waals surface area (Å²) >= 11 is 1.30. The molecule has 3 rings (SSSR count). The third-order valence-electron chi connectivity index (χ3n) is 3.81. The summed E-state index contributed by atoms with van der Waals surface area (Å²) < 4.78 is 23.9. The number of pyridine rings is 1. The summed E-state index contributed by atoms with van der Waals surface area (Å²) in [6, 6.07) is 10.7. The topological polar surface area (TPSA) is 94.3 Å². The van der Waals surface area contributed by atoms with Crippen LogP contribution in [0.15, 0.2) is 58.2 Å². The van der Waals surface area contributed by atoms with Gasteiger partial charge in [0.05, 0.1) is 16.9 Å². The van der Waals surface area contributed by atoms with Crippen LogP contribution in [-0.4, -0.2) is 28.1 Å². The van der Waals surface area contributed by atoms with Gasteiger partial charge in [-0.3, -0.25) is 4.79 Å². The van der Waals surface area contributed by atoms with E-state index in [-0.39, 0.29) is 11.3 Å². The van der Waals surface area contributed by atoms with Crippen molar-refractivity contribution < 1.29 is 23.2 Å². The van der Waals surface area contributed by atoms with Crippen molar-refractivity contribution in [2.45, 2.75) is 30.7 Å². The van der Waals surface area contributed by atoms with Crippen molar-refractivity contribution >= 4 is 29.3 Å². The highest BCUT2D eigenvalue weighted by Gasteiger charge is 2.22. The number of amides is 1. The predicted molar refractivity (Wildman–Crippen MR) is 105 cm³/mol. The summed E-state index contributed by atoms with van der Waals surface area (Å²) in [5.74, 6) is -0.769. The van der Waals surface area contributed by atoms with Crippen LogP contribution in [0.4, 0.5) is 10.1 Å². The fraction of sp³-hybridized carbons (Fsp3) is 0.200. The average molecular weight is 415 g/mol. The van der Waals surface area contributed by atoms with Crippen LogP contribution in [-0.2, 0) is 15.3 Å². The van der Waals surface area contributed by atoms with Crippen molar-refractivity contribution in [1.29, 1.82) is 0 Å². The minimum Gasteiger partial charge on any atom is -0.449 e. The zero-order valence-electron chi connectivity index (χ0n) is 15.7. The highest BCUT2D eigenvalue weighted by molar-refractivity contribution is 7.98. The van der Waals surface area contributed by atoms with Crippen LogP contribution in [0, 0.1) is 12.7 Å². The van der Waals surface area contributed by atoms with Crippen molar-refractivity contribution in [3.8, 4) is 0 Å². The quantitative estimate of drug-likeness (QED) is 0.460. The summed E-state index contributed by atoms with van der Waals surface area (Å²) in [6.45, 7) is 3.20. The van der Waals surface area contributed by atoms with E-state index in [1.807, 2.05) is 0 Å². The van der Waals surface area contributed by atoms with E-state index in [9.17, 15) is 14.0 Å². The molecule has 0 spiro atoms. The molecule has 1 N–H and O–H groups in total. The number of hydrogen-bond acceptors (Lipinski definition) is 7. The number of thioether (sulfide) groups is 1. The normalized spacial score (nSPS) is 11.7. The summed E-state index contributed by atoms with van der Waals surface area (Å²) in [4.78, 5) is 29.0. The first-order valence-corrected chi connectivity index (χ1v) is 9.69. The molecule has 0 aliphatic rings. The van der Waals surface area contributed by atoms with E-state index in [0.29, 0.717) is 16.5 Å². The standard InChI is InChI=1S/C20H18FN3O4S/c1-12-10-14(24-28-12)11-29-19-15(6-5-9-22-19)20(26)27-13(2)18(25)23-17-8-4-3-7-16(17)21/h3-10,13H,11H2,1-2H3,(H,23,25)/t13-/m0/s1. The molecule has 1 aromatic carbocycles. The lowest BCUT2D eigenvalue weighted by Gasteiger charge is -2.14. The Hall–Kier alpha value is -3.20. The molecule has 0 aliphatic carbocycles. The number of hydrogen-bond donors (Lipinski definition) is 1. The van der Waals surface area contributed by atoms with Crippen LogP contribution >= 0.6 is 11.8 Å². The number of rotatable bonds is 7. The largest absolute Gasteiger partial charge is 0.449 e. The van der Waals surface area contributed by atoms with E-state index < -0.39 is 23.8 Å². The van der Waals surface area contributed by atoms with Crippen LogP contribution in [0.3, 0.4) is 0 Å². The molecule has 3 aromatic rings. The van der Waals surface area contributed by atoms with Crippen LogP contribution < -0.4 is 5.32 Å². The van der Waals surface area contributed by atoms with Crippen LogP contribution in [0.25, 0.3) is 0 Å². The molecule has 150 valence electrons. The Labute approximate surface area is 170 Å². The molecule has 2 heterocycles. The van der Waals surface area contributed by atoms with Gasteiger partial charge in [-0.15, -0.1) is 0 Å². The molecular weight excluding hydrogens is 397 g/mol. The molecular formula is C20H18FN3O4S. The van der Waals surface area contributed by atoms with Gasteiger partial charge >= 0.3 is 5.97 Å². The van der Waals surface area contributed by atoms with Crippen LogP contribution in [0.2, 0.25) is 0 Å². The van der Waals surface area contributed by atoms with E-state index in [1.54, 1.807) is 37.4 Å². The summed E-state index contributed by atoms with van der Waals surface area (Å²) in [5, 5.41) is 6.74. The molecule has 0 fully saturated rings. The summed E-state index contributed by atoms with van der Waals surface area (Å²) in [7, 11) is 0. The number of carbonyl (C=O) groups is 2. The lowest BCUT2D eigenvalue weighted by Crippen LogP contribution is -2.30. The number of aromatic nitrogens is 2. The van der Waals surface area contributed by atoms with Crippen molar-refractivity contribution in [2.75, 3.05) is 5.32 Å². The molecule has 0 saturated heterocycles. The van der Waals surface area contributed by atoms with Gasteiger partial charge < -0.3 is 14.6 Å². The third kappa shape index (κ3) is 5.41. The first kappa shape index (κ1) is 20.5. The number of ether oxygens (including phenoxy) is 1. The number of carbonyl (C=O) groups excluding carboxylic acids is 2. The zero-order valence-corrected chi connectivity index (χ0v) is 16.5. The van der Waals surface area contributed by atoms with E-state index in [1.165, 1.54) is 36.9 Å². The van der Waals surface area contributed by atoms with Gasteiger partial charge in [0.1, 0.15) is 16.6 Å². The van der Waals surface area contributed by atoms with E-state index >= 15 is 0 Å². The van der Waals surface area contributed by atoms with Gasteiger partial charge in [0.25, 0.3) is 5.91 Å². The number of nitrogens with zero attached hydrogens (tertiary/aromatic N) is 2. The fourth-order valence-corrected chi connectivity index (χ4v) is 3.23. The Kier molecular flexibility index (Phi) is 6.61. The Balaban J connectivity index is 1.64. The van der Waals surface area contributed by atoms with Crippen molar-refractivity contribution in [1.82, 2.24) is 10.1 Å². The smallest absolute Gasteiger partial charge is 0.341 e. The second-order valence-corrected chi connectivity index (χ2v) is 7.05. The van der Waals surface area contributed by atoms with Gasteiger partial charge in [-0.25, -0.2) is 14.2 Å². The van der Waals surface area contributed by atoms with Gasteiger partial charge in [-0.1, -0.05) is 29.1 Å². The van der Waals surface area contributed by atoms with Crippen molar-refractivity contribution in [3.05, 3.63) is 71.5 Å². The number of nitrogens with one attached hydrogen (secondary N) is 1. The second-order valence-electron chi connectivity index (χ2n) is 6.09. The highest BCUT2D eigenvalue weighted by Crippen LogP contribution is 2.25. The van der Waals surface area contributed by atoms with Gasteiger partial charge in [0, 0.05) is 18.0 Å². The van der Waals surface area contributed by atoms with Crippen molar-refractivity contribution in [3.63, 3.8) is 0 Å². The number of anilines is 1. The summed E-state index contributed by atoms with van der Waals surface area (Å²) in [5.41, 5.74) is 0.958. The fourth-order valence-electron chi connectivity index (χ4n) is 2.36. The second kappa shape index (κ2) is 9.33. The minimum absolute atomic E-state index is 0.0147. The zero-order chi connectivity index (χ0) is 20.8. The Bertz CT molecular complexity index is 1020. The lowest BCUT2D eigenvalue weighted by molar-refractivity contribution is -0.123. The number of halogens is 1. The molecule has 1 atom stereocenters. The van der Waals surface area contributed by atoms with Gasteiger partial charge in [0.15, 0.2) is 6.10 Å². The highest BCUT2D eigenvalue weighted by atomic mass is 32.2. The average Bonchev–Trinajstić information content (AvgIpc) is 3.13. The molecule has 9 heteroatoms. The number of esters is 1. The first-order valence-electron chi connectivity index (χ1n) is 8.70. The third-order valence-corrected chi connectivity index (χ3v) is 4.85. The van der Waals surface area contributed by atoms with Gasteiger partial charge in [-0.2, -0.15) is 0 Å². The molecule has 29 heavy (non-hydrogen) atoms. The van der Waals surface area contributed by atoms with E-state index in [0.717, 1.165) is 5.69 Å². The SMILES string of the molecule is Cc1cc(CSc2ncccc2C(=O)O[C@@H](C)C(=O)Nc2ccccc2F)no1. The molecule has 0 aliphatic heterocycles. The maximum Gasteiger partial charge on any atom is 0.341 e. The van der Waals surface area contributed by atoms with E-state index in [2.05, 4.69) is 15.5 Å². The van der Waals surface area contributed by atoms with Crippen LogP contribution in [0.1, 0.15) is 28.7 Å². The molecule has 1 amide bonds. The Morgan fingerprint density at radius 2 is 2.07 bits per heavy atom. The molecule has 0 bridgehead atoms.